The second kappa shape index (κ2) is 5.62. The minimum absolute atomic E-state index is 0.225. The van der Waals surface area contributed by atoms with Crippen molar-refractivity contribution in [1.82, 2.24) is 10.3 Å². The molecule has 0 radical (unpaired) electrons. The predicted octanol–water partition coefficient (Wildman–Crippen LogP) is 3.49. The second-order valence-electron chi connectivity index (χ2n) is 3.25. The highest BCUT2D eigenvalue weighted by Crippen LogP contribution is 2.21. The van der Waals surface area contributed by atoms with Gasteiger partial charge in [0.25, 0.3) is 5.91 Å². The second-order valence-corrected chi connectivity index (χ2v) is 6.23. The van der Waals surface area contributed by atoms with Gasteiger partial charge in [0.05, 0.1) is 10.3 Å². The van der Waals surface area contributed by atoms with Crippen molar-refractivity contribution in [3.63, 3.8) is 0 Å². The van der Waals surface area contributed by atoms with Gasteiger partial charge in [-0.2, -0.15) is 0 Å². The average molecular weight is 332 g/mol. The molecule has 0 spiro atoms. The summed E-state index contributed by atoms with van der Waals surface area (Å²) in [5, 5.41) is 3.29. The summed E-state index contributed by atoms with van der Waals surface area (Å²) in [5.41, 5.74) is 0.327. The first-order chi connectivity index (χ1) is 8.15. The number of halogens is 2. The van der Waals surface area contributed by atoms with E-state index in [2.05, 4.69) is 26.2 Å². The molecule has 0 unspecified atom stereocenters. The van der Waals surface area contributed by atoms with Gasteiger partial charge in [-0.25, -0.2) is 0 Å². The normalized spacial score (nSPS) is 10.2. The lowest BCUT2D eigenvalue weighted by atomic mass is 10.3. The number of amides is 1. The van der Waals surface area contributed by atoms with Gasteiger partial charge in [-0.05, 0) is 40.2 Å². The zero-order valence-corrected chi connectivity index (χ0v) is 11.8. The topological polar surface area (TPSA) is 42.0 Å². The van der Waals surface area contributed by atoms with Crippen LogP contribution < -0.4 is 5.32 Å². The van der Waals surface area contributed by atoms with Crippen molar-refractivity contribution in [2.45, 2.75) is 6.54 Å². The molecule has 0 fully saturated rings. The molecule has 0 bridgehead atoms. The molecule has 0 atom stereocenters. The van der Waals surface area contributed by atoms with Gasteiger partial charge in [-0.1, -0.05) is 11.6 Å². The van der Waals surface area contributed by atoms with Crippen LogP contribution in [-0.4, -0.2) is 10.9 Å². The Morgan fingerprint density at radius 2 is 2.29 bits per heavy atom. The fourth-order valence-corrected chi connectivity index (χ4v) is 2.82. The molecule has 88 valence electrons. The van der Waals surface area contributed by atoms with E-state index in [0.717, 1.165) is 8.66 Å². The van der Waals surface area contributed by atoms with Crippen LogP contribution in [0.15, 0.2) is 34.2 Å². The summed E-state index contributed by atoms with van der Waals surface area (Å²) < 4.78 is 1.04. The molecule has 2 aromatic heterocycles. The number of carbonyl (C=O) groups excluding carboxylic acids is 1. The van der Waals surface area contributed by atoms with Crippen LogP contribution in [0.25, 0.3) is 0 Å². The molecule has 0 aliphatic rings. The number of carbonyl (C=O) groups is 1. The average Bonchev–Trinajstić information content (AvgIpc) is 2.72. The molecule has 0 aromatic carbocycles. The van der Waals surface area contributed by atoms with Gasteiger partial charge in [0.15, 0.2) is 0 Å². The molecule has 2 aromatic rings. The van der Waals surface area contributed by atoms with Gasteiger partial charge in [0.2, 0.25) is 0 Å². The van der Waals surface area contributed by atoms with E-state index >= 15 is 0 Å². The molecule has 3 nitrogen and oxygen atoms in total. The van der Waals surface area contributed by atoms with Gasteiger partial charge in [0.1, 0.15) is 5.69 Å². The van der Waals surface area contributed by atoms with Crippen LogP contribution in [0, 0.1) is 0 Å². The van der Waals surface area contributed by atoms with Crippen LogP contribution in [0.5, 0.6) is 0 Å². The maximum atomic E-state index is 11.7. The highest BCUT2D eigenvalue weighted by molar-refractivity contribution is 9.11. The smallest absolute Gasteiger partial charge is 0.270 e. The Hall–Kier alpha value is -0.910. The lowest BCUT2D eigenvalue weighted by Gasteiger charge is -2.02. The molecule has 2 heterocycles. The zero-order chi connectivity index (χ0) is 12.3. The molecular formula is C11H8BrClN2OS. The van der Waals surface area contributed by atoms with Gasteiger partial charge in [-0.15, -0.1) is 11.3 Å². The molecule has 1 N–H and O–H groups in total. The standard InChI is InChI=1S/C11H8BrClN2OS/c12-10-2-1-8(17-10)6-15-11(16)9-5-7(13)3-4-14-9/h1-5H,6H2,(H,15,16). The number of nitrogens with one attached hydrogen (secondary N) is 1. The van der Waals surface area contributed by atoms with Crippen molar-refractivity contribution in [3.05, 3.63) is 49.8 Å². The van der Waals surface area contributed by atoms with E-state index in [1.165, 1.54) is 6.20 Å². The summed E-state index contributed by atoms with van der Waals surface area (Å²) in [6, 6.07) is 7.08. The van der Waals surface area contributed by atoms with Gasteiger partial charge in [0, 0.05) is 16.1 Å². The summed E-state index contributed by atoms with van der Waals surface area (Å²) in [6.07, 6.45) is 1.51. The quantitative estimate of drug-likeness (QED) is 0.935. The number of hydrogen-bond acceptors (Lipinski definition) is 3. The fourth-order valence-electron chi connectivity index (χ4n) is 1.23. The Morgan fingerprint density at radius 1 is 1.47 bits per heavy atom. The number of nitrogens with zero attached hydrogens (tertiary/aromatic N) is 1. The minimum atomic E-state index is -0.225. The van der Waals surface area contributed by atoms with Crippen molar-refractivity contribution >= 4 is 44.8 Å². The Bertz CT molecular complexity index is 544. The molecule has 6 heteroatoms. The molecule has 1 amide bonds. The van der Waals surface area contributed by atoms with E-state index in [9.17, 15) is 4.79 Å². The van der Waals surface area contributed by atoms with Gasteiger partial charge >= 0.3 is 0 Å². The Balaban J connectivity index is 1.98. The molecular weight excluding hydrogens is 324 g/mol. The Morgan fingerprint density at radius 3 is 2.94 bits per heavy atom. The van der Waals surface area contributed by atoms with Crippen LogP contribution in [-0.2, 0) is 6.54 Å². The maximum Gasteiger partial charge on any atom is 0.270 e. The summed E-state index contributed by atoms with van der Waals surface area (Å²) in [5.74, 6) is -0.225. The first-order valence-electron chi connectivity index (χ1n) is 4.79. The van der Waals surface area contributed by atoms with Crippen molar-refractivity contribution in [2.24, 2.45) is 0 Å². The maximum absolute atomic E-state index is 11.7. The molecule has 17 heavy (non-hydrogen) atoms. The summed E-state index contributed by atoms with van der Waals surface area (Å²) in [6.45, 7) is 0.489. The van der Waals surface area contributed by atoms with Crippen molar-refractivity contribution < 1.29 is 4.79 Å². The van der Waals surface area contributed by atoms with E-state index in [1.807, 2.05) is 12.1 Å². The van der Waals surface area contributed by atoms with Crippen molar-refractivity contribution in [2.75, 3.05) is 0 Å². The van der Waals surface area contributed by atoms with Crippen LogP contribution in [0.3, 0.4) is 0 Å². The molecule has 0 aliphatic heterocycles. The number of hydrogen-bond donors (Lipinski definition) is 1. The molecule has 0 aliphatic carbocycles. The van der Waals surface area contributed by atoms with Gasteiger partial charge < -0.3 is 5.32 Å². The third-order valence-corrected chi connectivity index (χ3v) is 3.87. The third kappa shape index (κ3) is 3.52. The fraction of sp³-hybridized carbons (Fsp3) is 0.0909. The van der Waals surface area contributed by atoms with Crippen LogP contribution >= 0.6 is 38.9 Å². The van der Waals surface area contributed by atoms with Crippen LogP contribution in [0.4, 0.5) is 0 Å². The molecule has 0 saturated heterocycles. The SMILES string of the molecule is O=C(NCc1ccc(Br)s1)c1cc(Cl)ccn1. The largest absolute Gasteiger partial charge is 0.346 e. The highest BCUT2D eigenvalue weighted by Gasteiger charge is 2.07. The molecule has 2 rings (SSSR count). The lowest BCUT2D eigenvalue weighted by Crippen LogP contribution is -2.23. The van der Waals surface area contributed by atoms with Gasteiger partial charge in [-0.3, -0.25) is 9.78 Å². The van der Waals surface area contributed by atoms with E-state index in [-0.39, 0.29) is 5.91 Å². The first kappa shape index (κ1) is 12.5. The highest BCUT2D eigenvalue weighted by atomic mass is 79.9. The molecule has 0 saturated carbocycles. The zero-order valence-electron chi connectivity index (χ0n) is 8.61. The Labute approximate surface area is 116 Å². The van der Waals surface area contributed by atoms with E-state index < -0.39 is 0 Å². The van der Waals surface area contributed by atoms with Crippen molar-refractivity contribution in [1.29, 1.82) is 0 Å². The number of thiophene rings is 1. The summed E-state index contributed by atoms with van der Waals surface area (Å²) in [4.78, 5) is 16.8. The number of rotatable bonds is 3. The Kier molecular flexibility index (Phi) is 4.15. The summed E-state index contributed by atoms with van der Waals surface area (Å²) >= 11 is 10.7. The number of aromatic nitrogens is 1. The summed E-state index contributed by atoms with van der Waals surface area (Å²) in [7, 11) is 0. The van der Waals surface area contributed by atoms with Crippen molar-refractivity contribution in [3.8, 4) is 0 Å². The van der Waals surface area contributed by atoms with Crippen LogP contribution in [0.2, 0.25) is 5.02 Å². The van der Waals surface area contributed by atoms with Crippen LogP contribution in [0.1, 0.15) is 15.4 Å². The minimum Gasteiger partial charge on any atom is -0.346 e. The predicted molar refractivity (Wildman–Crippen MR) is 72.4 cm³/mol. The number of pyridine rings is 1. The third-order valence-electron chi connectivity index (χ3n) is 2.01. The van der Waals surface area contributed by atoms with E-state index in [1.54, 1.807) is 23.5 Å². The lowest BCUT2D eigenvalue weighted by molar-refractivity contribution is 0.0946. The van der Waals surface area contributed by atoms with E-state index in [4.69, 9.17) is 11.6 Å². The van der Waals surface area contributed by atoms with E-state index in [0.29, 0.717) is 17.3 Å². The monoisotopic (exact) mass is 330 g/mol. The first-order valence-corrected chi connectivity index (χ1v) is 6.78.